The Bertz CT molecular complexity index is 2240. The van der Waals surface area contributed by atoms with Crippen LogP contribution in [0.1, 0.15) is 35.2 Å². The van der Waals surface area contributed by atoms with E-state index in [4.69, 9.17) is 8.83 Å². The Morgan fingerprint density at radius 1 is 0.386 bits per heavy atom. The number of hydrogen-bond donors (Lipinski definition) is 3. The molecule has 5 heteroatoms. The summed E-state index contributed by atoms with van der Waals surface area (Å²) >= 11 is 0. The second kappa shape index (κ2) is 10.2. The van der Waals surface area contributed by atoms with Gasteiger partial charge in [-0.25, -0.2) is 0 Å². The van der Waals surface area contributed by atoms with Crippen LogP contribution >= 0.6 is 0 Å². The molecule has 0 saturated carbocycles. The Labute approximate surface area is 254 Å². The first-order chi connectivity index (χ1) is 21.8. The first kappa shape index (κ1) is 25.3. The van der Waals surface area contributed by atoms with Crippen molar-refractivity contribution in [3.8, 4) is 11.1 Å². The molecule has 0 radical (unpaired) electrons. The smallest absolute Gasteiger partial charge is 0.143 e. The summed E-state index contributed by atoms with van der Waals surface area (Å²) in [5.74, 6) is 0. The highest BCUT2D eigenvalue weighted by Gasteiger charge is 2.30. The Morgan fingerprint density at radius 3 is 1.68 bits per heavy atom. The van der Waals surface area contributed by atoms with Gasteiger partial charge in [0.25, 0.3) is 0 Å². The van der Waals surface area contributed by atoms with Gasteiger partial charge in [-0.1, -0.05) is 115 Å². The fourth-order valence-electron chi connectivity index (χ4n) is 6.63. The van der Waals surface area contributed by atoms with Crippen molar-refractivity contribution in [1.29, 1.82) is 0 Å². The van der Waals surface area contributed by atoms with Crippen LogP contribution in [-0.4, -0.2) is 0 Å². The number of benzene rings is 6. The lowest BCUT2D eigenvalue weighted by atomic mass is 10.0. The molecular formula is C39H29N3O2. The summed E-state index contributed by atoms with van der Waals surface area (Å²) in [7, 11) is 0. The molecule has 2 unspecified atom stereocenters. The number of fused-ring (bicyclic) bond motifs is 6. The first-order valence-corrected chi connectivity index (χ1v) is 15.0. The summed E-state index contributed by atoms with van der Waals surface area (Å²) in [5.41, 5.74) is 9.15. The van der Waals surface area contributed by atoms with Crippen molar-refractivity contribution in [2.24, 2.45) is 0 Å². The molecule has 212 valence electrons. The van der Waals surface area contributed by atoms with E-state index in [9.17, 15) is 0 Å². The molecule has 3 heterocycles. The van der Waals surface area contributed by atoms with Crippen molar-refractivity contribution in [2.75, 3.05) is 0 Å². The van der Waals surface area contributed by atoms with E-state index in [0.717, 1.165) is 60.6 Å². The van der Waals surface area contributed by atoms with E-state index in [1.807, 2.05) is 12.1 Å². The second-order valence-electron chi connectivity index (χ2n) is 11.5. The highest BCUT2D eigenvalue weighted by atomic mass is 16.3. The maximum absolute atomic E-state index is 6.54. The lowest BCUT2D eigenvalue weighted by Crippen LogP contribution is -2.54. The van der Waals surface area contributed by atoms with Gasteiger partial charge in [-0.05, 0) is 46.5 Å². The average molecular weight is 572 g/mol. The minimum atomic E-state index is -0.0921. The first-order valence-electron chi connectivity index (χ1n) is 15.0. The van der Waals surface area contributed by atoms with E-state index in [1.54, 1.807) is 0 Å². The van der Waals surface area contributed by atoms with Gasteiger partial charge < -0.3 is 8.83 Å². The maximum Gasteiger partial charge on any atom is 0.143 e. The summed E-state index contributed by atoms with van der Waals surface area (Å²) in [5, 5.41) is 15.7. The quantitative estimate of drug-likeness (QED) is 0.196. The molecule has 0 spiro atoms. The van der Waals surface area contributed by atoms with Crippen LogP contribution in [0.2, 0.25) is 0 Å². The maximum atomic E-state index is 6.54. The van der Waals surface area contributed by atoms with Gasteiger partial charge in [-0.2, -0.15) is 0 Å². The van der Waals surface area contributed by atoms with Crippen molar-refractivity contribution >= 4 is 43.9 Å². The summed E-state index contributed by atoms with van der Waals surface area (Å²) < 4.78 is 12.9. The largest absolute Gasteiger partial charge is 0.456 e. The Balaban J connectivity index is 1.10. The summed E-state index contributed by atoms with van der Waals surface area (Å²) in [6, 6.07) is 48.6. The average Bonchev–Trinajstić information content (AvgIpc) is 3.66. The molecule has 0 aliphatic carbocycles. The molecule has 6 aromatic carbocycles. The Kier molecular flexibility index (Phi) is 5.87. The van der Waals surface area contributed by atoms with Gasteiger partial charge in [0.15, 0.2) is 0 Å². The molecule has 1 saturated heterocycles. The van der Waals surface area contributed by atoms with Crippen LogP contribution in [-0.2, 0) is 0 Å². The normalized spacial score (nSPS) is 18.9. The number of para-hydroxylation sites is 2. The van der Waals surface area contributed by atoms with E-state index >= 15 is 0 Å². The highest BCUT2D eigenvalue weighted by molar-refractivity contribution is 6.11. The molecule has 9 rings (SSSR count). The molecule has 1 aliphatic rings. The number of hydrogen-bond acceptors (Lipinski definition) is 5. The van der Waals surface area contributed by atoms with E-state index in [2.05, 4.69) is 143 Å². The van der Waals surface area contributed by atoms with Crippen molar-refractivity contribution in [3.05, 3.63) is 156 Å². The molecule has 8 aromatic rings. The molecule has 3 N–H and O–H groups in total. The minimum absolute atomic E-state index is 0.0254. The third-order valence-electron chi connectivity index (χ3n) is 8.81. The highest BCUT2D eigenvalue weighted by Crippen LogP contribution is 2.39. The molecule has 1 aliphatic heterocycles. The summed E-state index contributed by atoms with van der Waals surface area (Å²) in [6.45, 7) is 0. The van der Waals surface area contributed by atoms with E-state index in [1.165, 1.54) is 11.1 Å². The van der Waals surface area contributed by atoms with Gasteiger partial charge in [0.2, 0.25) is 0 Å². The summed E-state index contributed by atoms with van der Waals surface area (Å²) in [4.78, 5) is 0. The van der Waals surface area contributed by atoms with Crippen LogP contribution in [0.25, 0.3) is 55.0 Å². The zero-order chi connectivity index (χ0) is 29.0. The monoisotopic (exact) mass is 571 g/mol. The predicted octanol–water partition coefficient (Wildman–Crippen LogP) is 9.33. The fourth-order valence-corrected chi connectivity index (χ4v) is 6.63. The Hall–Kier alpha value is -5.20. The van der Waals surface area contributed by atoms with Crippen molar-refractivity contribution in [3.63, 3.8) is 0 Å². The van der Waals surface area contributed by atoms with Gasteiger partial charge in [0.05, 0.1) is 18.5 Å². The number of furan rings is 2. The fraction of sp³-hybridized carbons (Fsp3) is 0.0769. The third kappa shape index (κ3) is 4.21. The van der Waals surface area contributed by atoms with E-state index in [-0.39, 0.29) is 18.5 Å². The van der Waals surface area contributed by atoms with Crippen LogP contribution in [0.5, 0.6) is 0 Å². The molecular weight excluding hydrogens is 542 g/mol. The van der Waals surface area contributed by atoms with Crippen LogP contribution in [0, 0.1) is 0 Å². The topological polar surface area (TPSA) is 62.4 Å². The zero-order valence-corrected chi connectivity index (χ0v) is 23.8. The minimum Gasteiger partial charge on any atom is -0.456 e. The molecule has 2 atom stereocenters. The molecule has 5 nitrogen and oxygen atoms in total. The Morgan fingerprint density at radius 2 is 0.955 bits per heavy atom. The molecule has 0 bridgehead atoms. The molecule has 2 aromatic heterocycles. The number of nitrogens with one attached hydrogen (secondary N) is 3. The van der Waals surface area contributed by atoms with Crippen LogP contribution in [0.4, 0.5) is 0 Å². The summed E-state index contributed by atoms with van der Waals surface area (Å²) in [6.07, 6.45) is -0.143. The van der Waals surface area contributed by atoms with E-state index < -0.39 is 0 Å². The lowest BCUT2D eigenvalue weighted by Gasteiger charge is -2.39. The van der Waals surface area contributed by atoms with Gasteiger partial charge >= 0.3 is 0 Å². The van der Waals surface area contributed by atoms with Crippen molar-refractivity contribution in [1.82, 2.24) is 16.0 Å². The predicted molar refractivity (Wildman–Crippen MR) is 177 cm³/mol. The van der Waals surface area contributed by atoms with E-state index in [0.29, 0.717) is 0 Å². The van der Waals surface area contributed by atoms with Gasteiger partial charge in [-0.3, -0.25) is 16.0 Å². The lowest BCUT2D eigenvalue weighted by molar-refractivity contribution is 0.203. The third-order valence-corrected chi connectivity index (χ3v) is 8.81. The van der Waals surface area contributed by atoms with Gasteiger partial charge in [-0.15, -0.1) is 0 Å². The SMILES string of the molecule is c1ccc(C2NC(c3ccccc3)NC(c3ccc4c(c3)oc3cc(-c5cccc6c5oc5ccccc56)ccc34)N2)cc1. The number of rotatable bonds is 4. The molecule has 44 heavy (non-hydrogen) atoms. The van der Waals surface area contributed by atoms with Gasteiger partial charge in [0, 0.05) is 27.1 Å². The standard InChI is InChI=1S/C39H29N3O2/c1-3-10-24(11-4-1)37-40-38(25-12-5-2-6-13-25)42-39(41-37)27-19-21-31-30-20-18-26(22-34(30)43-35(31)23-27)28-15-9-16-32-29-14-7-8-17-33(29)44-36(28)32/h1-23,37-42H. The van der Waals surface area contributed by atoms with Crippen LogP contribution < -0.4 is 16.0 Å². The van der Waals surface area contributed by atoms with Crippen LogP contribution in [0.3, 0.4) is 0 Å². The second-order valence-corrected chi connectivity index (χ2v) is 11.5. The van der Waals surface area contributed by atoms with Crippen molar-refractivity contribution in [2.45, 2.75) is 18.5 Å². The molecule has 1 fully saturated rings. The molecule has 0 amide bonds. The van der Waals surface area contributed by atoms with Gasteiger partial charge in [0.1, 0.15) is 22.3 Å². The van der Waals surface area contributed by atoms with Crippen LogP contribution in [0.15, 0.2) is 148 Å². The zero-order valence-electron chi connectivity index (χ0n) is 23.8. The van der Waals surface area contributed by atoms with Crippen molar-refractivity contribution < 1.29 is 8.83 Å².